The fourth-order valence-corrected chi connectivity index (χ4v) is 4.60. The van der Waals surface area contributed by atoms with E-state index in [4.69, 9.17) is 0 Å². The molecule has 0 aliphatic carbocycles. The second-order valence-electron chi connectivity index (χ2n) is 8.73. The second-order valence-corrected chi connectivity index (χ2v) is 8.73. The third-order valence-electron chi connectivity index (χ3n) is 6.47. The molecular formula is C29H28N4O2. The van der Waals surface area contributed by atoms with Gasteiger partial charge in [-0.15, -0.1) is 0 Å². The van der Waals surface area contributed by atoms with Gasteiger partial charge in [-0.3, -0.25) is 14.3 Å². The Hall–Kier alpha value is -4.19. The van der Waals surface area contributed by atoms with E-state index in [-0.39, 0.29) is 11.8 Å². The summed E-state index contributed by atoms with van der Waals surface area (Å²) in [5, 5.41) is 7.34. The molecule has 0 fully saturated rings. The van der Waals surface area contributed by atoms with Crippen LogP contribution in [0.5, 0.6) is 0 Å². The molecule has 0 spiro atoms. The van der Waals surface area contributed by atoms with Gasteiger partial charge in [0.2, 0.25) is 5.91 Å². The normalized spacial score (nSPS) is 12.4. The molecule has 6 heteroatoms. The Morgan fingerprint density at radius 3 is 2.60 bits per heavy atom. The molecular weight excluding hydrogens is 436 g/mol. The molecule has 3 aromatic carbocycles. The van der Waals surface area contributed by atoms with Crippen LogP contribution in [0.25, 0.3) is 11.1 Å². The van der Waals surface area contributed by atoms with Gasteiger partial charge in [-0.2, -0.15) is 5.10 Å². The Balaban J connectivity index is 1.27. The number of benzene rings is 3. The van der Waals surface area contributed by atoms with Crippen LogP contribution in [0.15, 0.2) is 85.2 Å². The molecule has 6 nitrogen and oxygen atoms in total. The third-order valence-corrected chi connectivity index (χ3v) is 6.47. The maximum atomic E-state index is 12.9. The molecule has 2 heterocycles. The lowest BCUT2D eigenvalue weighted by Crippen LogP contribution is -2.27. The van der Waals surface area contributed by atoms with E-state index in [2.05, 4.69) is 40.7 Å². The summed E-state index contributed by atoms with van der Waals surface area (Å²) >= 11 is 0. The maximum absolute atomic E-state index is 12.9. The lowest BCUT2D eigenvalue weighted by atomic mass is 9.98. The van der Waals surface area contributed by atoms with Gasteiger partial charge in [0.15, 0.2) is 0 Å². The van der Waals surface area contributed by atoms with Crippen molar-refractivity contribution in [1.29, 1.82) is 0 Å². The van der Waals surface area contributed by atoms with Crippen molar-refractivity contribution in [2.75, 3.05) is 11.4 Å². The third kappa shape index (κ3) is 4.87. The number of hydrogen-bond donors (Lipinski definition) is 1. The zero-order valence-corrected chi connectivity index (χ0v) is 19.8. The van der Waals surface area contributed by atoms with Gasteiger partial charge in [-0.1, -0.05) is 55.5 Å². The quantitative estimate of drug-likeness (QED) is 0.426. The Labute approximate surface area is 205 Å². The topological polar surface area (TPSA) is 67.2 Å². The van der Waals surface area contributed by atoms with Crippen molar-refractivity contribution in [3.8, 4) is 11.1 Å². The number of carbonyl (C=O) groups is 2. The monoisotopic (exact) mass is 464 g/mol. The first kappa shape index (κ1) is 22.6. The Morgan fingerprint density at radius 2 is 1.83 bits per heavy atom. The molecule has 0 radical (unpaired) electrons. The molecule has 176 valence electrons. The standard InChI is InChI=1S/C29H28N4O2/c1-2-28(34)33-17-14-23-18-24(12-13-27(23)33)29(35)30-19-25-6-3-4-7-26(25)22-10-8-21(9-11-22)20-32-16-5-15-31-32/h3-13,15-16,18H,2,14,17,19-20H2,1H3,(H,30,35). The van der Waals surface area contributed by atoms with Crippen molar-refractivity contribution < 1.29 is 9.59 Å². The molecule has 0 atom stereocenters. The van der Waals surface area contributed by atoms with Crippen LogP contribution in [0, 0.1) is 0 Å². The number of nitrogens with zero attached hydrogens (tertiary/aromatic N) is 3. The zero-order chi connectivity index (χ0) is 24.2. The van der Waals surface area contributed by atoms with Crippen molar-refractivity contribution in [3.05, 3.63) is 107 Å². The molecule has 35 heavy (non-hydrogen) atoms. The van der Waals surface area contributed by atoms with Crippen LogP contribution < -0.4 is 10.2 Å². The van der Waals surface area contributed by atoms with Gasteiger partial charge in [-0.05, 0) is 58.5 Å². The average Bonchev–Trinajstić information content (AvgIpc) is 3.57. The number of fused-ring (bicyclic) bond motifs is 1. The van der Waals surface area contributed by atoms with Gasteiger partial charge >= 0.3 is 0 Å². The predicted molar refractivity (Wildman–Crippen MR) is 137 cm³/mol. The first-order valence-corrected chi connectivity index (χ1v) is 12.0. The van der Waals surface area contributed by atoms with Gasteiger partial charge in [0.1, 0.15) is 0 Å². The first-order valence-electron chi connectivity index (χ1n) is 12.0. The fraction of sp³-hybridized carbons (Fsp3) is 0.207. The van der Waals surface area contributed by atoms with Gasteiger partial charge in [0.25, 0.3) is 5.91 Å². The SMILES string of the molecule is CCC(=O)N1CCc2cc(C(=O)NCc3ccccc3-c3ccc(Cn4cccn4)cc3)ccc21. The predicted octanol–water partition coefficient (Wildman–Crippen LogP) is 4.83. The summed E-state index contributed by atoms with van der Waals surface area (Å²) in [5.41, 5.74) is 7.04. The summed E-state index contributed by atoms with van der Waals surface area (Å²) < 4.78 is 1.90. The number of nitrogens with one attached hydrogen (secondary N) is 1. The Bertz CT molecular complexity index is 1340. The van der Waals surface area contributed by atoms with E-state index in [9.17, 15) is 9.59 Å². The number of amides is 2. The van der Waals surface area contributed by atoms with E-state index in [1.807, 2.05) is 59.1 Å². The molecule has 0 saturated carbocycles. The first-order chi connectivity index (χ1) is 17.1. The van der Waals surface area contributed by atoms with E-state index in [1.54, 1.807) is 12.3 Å². The lowest BCUT2D eigenvalue weighted by Gasteiger charge is -2.16. The minimum absolute atomic E-state index is 0.113. The largest absolute Gasteiger partial charge is 0.348 e. The van der Waals surface area contributed by atoms with Crippen LogP contribution in [0.3, 0.4) is 0 Å². The molecule has 1 aromatic heterocycles. The Morgan fingerprint density at radius 1 is 1.00 bits per heavy atom. The van der Waals surface area contributed by atoms with E-state index in [0.717, 1.165) is 40.9 Å². The van der Waals surface area contributed by atoms with Crippen molar-refractivity contribution >= 4 is 17.5 Å². The molecule has 1 N–H and O–H groups in total. The zero-order valence-electron chi connectivity index (χ0n) is 19.8. The number of carbonyl (C=O) groups excluding carboxylic acids is 2. The minimum atomic E-state index is -0.113. The smallest absolute Gasteiger partial charge is 0.251 e. The number of anilines is 1. The average molecular weight is 465 g/mol. The van der Waals surface area contributed by atoms with Crippen LogP contribution >= 0.6 is 0 Å². The highest BCUT2D eigenvalue weighted by Gasteiger charge is 2.24. The van der Waals surface area contributed by atoms with Crippen molar-refractivity contribution in [1.82, 2.24) is 15.1 Å². The second kappa shape index (κ2) is 9.97. The molecule has 0 unspecified atom stereocenters. The number of aromatic nitrogens is 2. The Kier molecular flexibility index (Phi) is 6.44. The summed E-state index contributed by atoms with van der Waals surface area (Å²) in [7, 11) is 0. The highest BCUT2D eigenvalue weighted by Crippen LogP contribution is 2.29. The minimum Gasteiger partial charge on any atom is -0.348 e. The van der Waals surface area contributed by atoms with E-state index in [1.165, 1.54) is 5.56 Å². The molecule has 4 aromatic rings. The summed E-state index contributed by atoms with van der Waals surface area (Å²) in [6.45, 7) is 3.72. The van der Waals surface area contributed by atoms with Crippen molar-refractivity contribution in [2.45, 2.75) is 32.9 Å². The van der Waals surface area contributed by atoms with E-state index < -0.39 is 0 Å². The van der Waals surface area contributed by atoms with Gasteiger partial charge in [0.05, 0.1) is 6.54 Å². The molecule has 1 aliphatic heterocycles. The van der Waals surface area contributed by atoms with Gasteiger partial charge in [0, 0.05) is 43.2 Å². The highest BCUT2D eigenvalue weighted by atomic mass is 16.2. The van der Waals surface area contributed by atoms with Crippen LogP contribution in [-0.2, 0) is 24.3 Å². The van der Waals surface area contributed by atoms with E-state index >= 15 is 0 Å². The van der Waals surface area contributed by atoms with Crippen LogP contribution in [0.2, 0.25) is 0 Å². The van der Waals surface area contributed by atoms with Gasteiger partial charge in [-0.25, -0.2) is 0 Å². The van der Waals surface area contributed by atoms with Crippen LogP contribution in [-0.4, -0.2) is 28.1 Å². The van der Waals surface area contributed by atoms with E-state index in [0.29, 0.717) is 25.1 Å². The molecule has 5 rings (SSSR count). The van der Waals surface area contributed by atoms with Crippen molar-refractivity contribution in [2.24, 2.45) is 0 Å². The van der Waals surface area contributed by atoms with Crippen molar-refractivity contribution in [3.63, 3.8) is 0 Å². The summed E-state index contributed by atoms with van der Waals surface area (Å²) in [5.74, 6) is 0.00409. The fourth-order valence-electron chi connectivity index (χ4n) is 4.60. The highest BCUT2D eigenvalue weighted by molar-refractivity contribution is 5.98. The molecule has 0 saturated heterocycles. The number of rotatable bonds is 7. The maximum Gasteiger partial charge on any atom is 0.251 e. The van der Waals surface area contributed by atoms with Crippen LogP contribution in [0.1, 0.15) is 40.4 Å². The molecule has 1 aliphatic rings. The van der Waals surface area contributed by atoms with Gasteiger partial charge < -0.3 is 10.2 Å². The lowest BCUT2D eigenvalue weighted by molar-refractivity contribution is -0.118. The molecule has 2 amide bonds. The summed E-state index contributed by atoms with van der Waals surface area (Å²) in [6.07, 6.45) is 4.99. The van der Waals surface area contributed by atoms with Crippen LogP contribution in [0.4, 0.5) is 5.69 Å². The summed E-state index contributed by atoms with van der Waals surface area (Å²) in [4.78, 5) is 26.9. The number of hydrogen-bond acceptors (Lipinski definition) is 3. The summed E-state index contributed by atoms with van der Waals surface area (Å²) in [6, 6.07) is 24.1. The molecule has 0 bridgehead atoms.